The van der Waals surface area contributed by atoms with Crippen LogP contribution in [0, 0.1) is 15.9 Å². The molecule has 6 nitrogen and oxygen atoms in total. The van der Waals surface area contributed by atoms with E-state index in [9.17, 15) is 19.3 Å². The molecule has 0 aromatic heterocycles. The molecule has 0 saturated carbocycles. The van der Waals surface area contributed by atoms with Crippen LogP contribution in [0.1, 0.15) is 10.4 Å². The molecule has 0 bridgehead atoms. The van der Waals surface area contributed by atoms with Gasteiger partial charge in [0.2, 0.25) is 0 Å². The van der Waals surface area contributed by atoms with Gasteiger partial charge in [-0.1, -0.05) is 15.9 Å². The van der Waals surface area contributed by atoms with Crippen LogP contribution < -0.4 is 0 Å². The Morgan fingerprint density at radius 3 is 2.75 bits per heavy atom. The predicted molar refractivity (Wildman–Crippen MR) is 74.6 cm³/mol. The van der Waals surface area contributed by atoms with Crippen LogP contribution in [0.3, 0.4) is 0 Å². The molecule has 20 heavy (non-hydrogen) atoms. The Morgan fingerprint density at radius 2 is 2.20 bits per heavy atom. The second-order valence-electron chi connectivity index (χ2n) is 3.89. The molecule has 0 radical (unpaired) electrons. The highest BCUT2D eigenvalue weighted by Crippen LogP contribution is 2.21. The van der Waals surface area contributed by atoms with Gasteiger partial charge in [0.15, 0.2) is 0 Å². The summed E-state index contributed by atoms with van der Waals surface area (Å²) in [6.07, 6.45) is 0. The maximum atomic E-state index is 13.2. The number of nitro benzene ring substituents is 1. The van der Waals surface area contributed by atoms with Gasteiger partial charge in [-0.2, -0.15) is 0 Å². The fourth-order valence-electron chi connectivity index (χ4n) is 1.63. The summed E-state index contributed by atoms with van der Waals surface area (Å²) in [5, 5.41) is 11.4. The second kappa shape index (κ2) is 7.91. The van der Waals surface area contributed by atoms with Gasteiger partial charge in [-0.15, -0.1) is 0 Å². The zero-order chi connectivity index (χ0) is 15.1. The van der Waals surface area contributed by atoms with Gasteiger partial charge >= 0.3 is 0 Å². The lowest BCUT2D eigenvalue weighted by atomic mass is 10.1. The number of carbonyl (C=O) groups is 1. The molecule has 110 valence electrons. The molecule has 8 heteroatoms. The summed E-state index contributed by atoms with van der Waals surface area (Å²) in [5.41, 5.74) is -0.666. The third-order valence-electron chi connectivity index (χ3n) is 2.59. The lowest BCUT2D eigenvalue weighted by Gasteiger charge is -2.21. The van der Waals surface area contributed by atoms with Crippen molar-refractivity contribution in [3.63, 3.8) is 0 Å². The molecule has 0 aliphatic rings. The molecule has 0 heterocycles. The Kier molecular flexibility index (Phi) is 6.53. The summed E-state index contributed by atoms with van der Waals surface area (Å²) in [7, 11) is 1.49. The third kappa shape index (κ3) is 4.24. The van der Waals surface area contributed by atoms with Crippen molar-refractivity contribution in [1.82, 2.24) is 4.90 Å². The van der Waals surface area contributed by atoms with Crippen molar-refractivity contribution in [1.29, 1.82) is 0 Å². The number of halogens is 2. The Morgan fingerprint density at radius 1 is 1.50 bits per heavy atom. The molecule has 0 aliphatic carbocycles. The van der Waals surface area contributed by atoms with Crippen molar-refractivity contribution in [3.05, 3.63) is 39.7 Å². The molecule has 1 aromatic carbocycles. The number of hydrogen-bond acceptors (Lipinski definition) is 4. The first-order chi connectivity index (χ1) is 9.51. The molecule has 0 aliphatic heterocycles. The largest absolute Gasteiger partial charge is 0.383 e. The minimum Gasteiger partial charge on any atom is -0.383 e. The van der Waals surface area contributed by atoms with Crippen LogP contribution in [0.25, 0.3) is 0 Å². The molecule has 1 amide bonds. The number of nitro groups is 1. The first-order valence-electron chi connectivity index (χ1n) is 5.79. The first kappa shape index (κ1) is 16.5. The van der Waals surface area contributed by atoms with Crippen molar-refractivity contribution in [2.75, 3.05) is 32.1 Å². The van der Waals surface area contributed by atoms with Gasteiger partial charge in [0, 0.05) is 31.6 Å². The quantitative estimate of drug-likeness (QED) is 0.430. The number of methoxy groups -OCH3 is 1. The fourth-order valence-corrected chi connectivity index (χ4v) is 2.06. The van der Waals surface area contributed by atoms with E-state index in [-0.39, 0.29) is 12.1 Å². The molecule has 1 rings (SSSR count). The molecule has 0 saturated heterocycles. The number of alkyl halides is 1. The lowest BCUT2D eigenvalue weighted by Crippen LogP contribution is -2.35. The maximum absolute atomic E-state index is 13.2. The van der Waals surface area contributed by atoms with Crippen molar-refractivity contribution in [2.45, 2.75) is 0 Å². The van der Waals surface area contributed by atoms with Crippen LogP contribution in [-0.4, -0.2) is 47.9 Å². The van der Waals surface area contributed by atoms with Gasteiger partial charge in [-0.25, -0.2) is 4.39 Å². The highest BCUT2D eigenvalue weighted by Gasteiger charge is 2.25. The van der Waals surface area contributed by atoms with Crippen LogP contribution >= 0.6 is 15.9 Å². The second-order valence-corrected chi connectivity index (χ2v) is 4.69. The van der Waals surface area contributed by atoms with Crippen LogP contribution in [-0.2, 0) is 4.74 Å². The fraction of sp³-hybridized carbons (Fsp3) is 0.417. The molecule has 0 atom stereocenters. The van der Waals surface area contributed by atoms with Crippen LogP contribution in [0.4, 0.5) is 10.1 Å². The third-order valence-corrected chi connectivity index (χ3v) is 2.95. The van der Waals surface area contributed by atoms with Crippen LogP contribution in [0.5, 0.6) is 0 Å². The Bertz CT molecular complexity index is 498. The maximum Gasteiger partial charge on any atom is 0.282 e. The topological polar surface area (TPSA) is 72.7 Å². The van der Waals surface area contributed by atoms with E-state index in [0.29, 0.717) is 18.5 Å². The molecule has 1 aromatic rings. The smallest absolute Gasteiger partial charge is 0.282 e. The number of carbonyl (C=O) groups excluding carboxylic acids is 1. The Hall–Kier alpha value is -1.54. The zero-order valence-corrected chi connectivity index (χ0v) is 12.4. The standard InChI is InChI=1S/C12H14BrFN2O4/c1-20-7-6-15(5-4-13)12(17)10-8-9(14)2-3-11(10)16(18)19/h2-3,8H,4-7H2,1H3. The van der Waals surface area contributed by atoms with Crippen molar-refractivity contribution < 1.29 is 18.8 Å². The van der Waals surface area contributed by atoms with Crippen molar-refractivity contribution in [3.8, 4) is 0 Å². The van der Waals surface area contributed by atoms with Gasteiger partial charge in [0.25, 0.3) is 11.6 Å². The number of rotatable bonds is 7. The summed E-state index contributed by atoms with van der Waals surface area (Å²) >= 11 is 3.20. The number of ether oxygens (including phenoxy) is 1. The number of hydrogen-bond donors (Lipinski definition) is 0. The average Bonchev–Trinajstić information content (AvgIpc) is 2.42. The summed E-state index contributed by atoms with van der Waals surface area (Å²) in [6.45, 7) is 0.909. The molecular weight excluding hydrogens is 335 g/mol. The van der Waals surface area contributed by atoms with Gasteiger partial charge in [-0.3, -0.25) is 14.9 Å². The van der Waals surface area contributed by atoms with E-state index in [1.165, 1.54) is 12.0 Å². The summed E-state index contributed by atoms with van der Waals surface area (Å²) < 4.78 is 18.1. The number of nitrogens with zero attached hydrogens (tertiary/aromatic N) is 2. The number of amides is 1. The van der Waals surface area contributed by atoms with Gasteiger partial charge in [0.1, 0.15) is 11.4 Å². The predicted octanol–water partition coefficient (Wildman–Crippen LogP) is 2.22. The first-order valence-corrected chi connectivity index (χ1v) is 6.91. The normalized spacial score (nSPS) is 10.3. The minimum absolute atomic E-state index is 0.257. The lowest BCUT2D eigenvalue weighted by molar-refractivity contribution is -0.385. The highest BCUT2D eigenvalue weighted by atomic mass is 79.9. The van der Waals surface area contributed by atoms with Gasteiger partial charge in [-0.05, 0) is 12.1 Å². The molecule has 0 fully saturated rings. The van der Waals surface area contributed by atoms with E-state index >= 15 is 0 Å². The van der Waals surface area contributed by atoms with Crippen LogP contribution in [0.15, 0.2) is 18.2 Å². The van der Waals surface area contributed by atoms with E-state index in [2.05, 4.69) is 15.9 Å². The minimum atomic E-state index is -0.699. The van der Waals surface area contributed by atoms with Crippen molar-refractivity contribution >= 4 is 27.5 Å². The van der Waals surface area contributed by atoms with Crippen LogP contribution in [0.2, 0.25) is 0 Å². The Labute approximate surface area is 123 Å². The molecule has 0 N–H and O–H groups in total. The zero-order valence-electron chi connectivity index (χ0n) is 10.8. The van der Waals surface area contributed by atoms with E-state index in [1.54, 1.807) is 0 Å². The summed E-state index contributed by atoms with van der Waals surface area (Å²) in [4.78, 5) is 23.9. The van der Waals surface area contributed by atoms with Gasteiger partial charge in [0.05, 0.1) is 11.5 Å². The van der Waals surface area contributed by atoms with E-state index < -0.39 is 22.3 Å². The number of benzene rings is 1. The highest BCUT2D eigenvalue weighted by molar-refractivity contribution is 9.09. The summed E-state index contributed by atoms with van der Waals surface area (Å²) in [5.74, 6) is -1.28. The SMILES string of the molecule is COCCN(CCBr)C(=O)c1cc(F)ccc1[N+](=O)[O-]. The molecule has 0 unspecified atom stereocenters. The van der Waals surface area contributed by atoms with E-state index in [4.69, 9.17) is 4.74 Å². The average molecular weight is 349 g/mol. The summed E-state index contributed by atoms with van der Waals surface area (Å²) in [6, 6.07) is 2.83. The van der Waals surface area contributed by atoms with E-state index in [1.807, 2.05) is 0 Å². The molecule has 0 spiro atoms. The Balaban J connectivity index is 3.09. The molecular formula is C12H14BrFN2O4. The van der Waals surface area contributed by atoms with Crippen molar-refractivity contribution in [2.24, 2.45) is 0 Å². The monoisotopic (exact) mass is 348 g/mol. The van der Waals surface area contributed by atoms with Gasteiger partial charge < -0.3 is 9.64 Å². The van der Waals surface area contributed by atoms with E-state index in [0.717, 1.165) is 18.2 Å².